The van der Waals surface area contributed by atoms with Crippen LogP contribution in [0.15, 0.2) is 18.2 Å². The Morgan fingerprint density at radius 1 is 1.32 bits per heavy atom. The molecule has 104 valence electrons. The lowest BCUT2D eigenvalue weighted by Gasteiger charge is -2.13. The van der Waals surface area contributed by atoms with Gasteiger partial charge in [-0.3, -0.25) is 9.59 Å². The lowest BCUT2D eigenvalue weighted by atomic mass is 10.1. The Labute approximate surface area is 122 Å². The van der Waals surface area contributed by atoms with E-state index in [-0.39, 0.29) is 12.3 Å². The molecule has 19 heavy (non-hydrogen) atoms. The van der Waals surface area contributed by atoms with E-state index in [0.29, 0.717) is 22.2 Å². The van der Waals surface area contributed by atoms with E-state index in [1.165, 1.54) is 6.92 Å². The van der Waals surface area contributed by atoms with Crippen molar-refractivity contribution in [3.63, 3.8) is 0 Å². The summed E-state index contributed by atoms with van der Waals surface area (Å²) in [6, 6.07) is 4.98. The molecule has 1 N–H and O–H groups in total. The Balaban J connectivity index is 2.63. The van der Waals surface area contributed by atoms with Gasteiger partial charge < -0.3 is 10.1 Å². The lowest BCUT2D eigenvalue weighted by Crippen LogP contribution is -2.35. The molecular formula is C13H15Cl2NO3. The van der Waals surface area contributed by atoms with Gasteiger partial charge in [-0.15, -0.1) is 0 Å². The normalized spacial score (nSPS) is 11.8. The van der Waals surface area contributed by atoms with E-state index in [0.717, 1.165) is 0 Å². The zero-order valence-corrected chi connectivity index (χ0v) is 12.2. The fourth-order valence-electron chi connectivity index (χ4n) is 1.46. The Morgan fingerprint density at radius 2 is 1.89 bits per heavy atom. The Kier molecular flexibility index (Phi) is 6.12. The van der Waals surface area contributed by atoms with Crippen LogP contribution < -0.4 is 5.32 Å². The molecule has 0 spiro atoms. The van der Waals surface area contributed by atoms with Gasteiger partial charge in [0.25, 0.3) is 5.91 Å². The van der Waals surface area contributed by atoms with Crippen LogP contribution in [0.1, 0.15) is 19.4 Å². The van der Waals surface area contributed by atoms with Gasteiger partial charge in [-0.1, -0.05) is 29.3 Å². The maximum absolute atomic E-state index is 11.7. The van der Waals surface area contributed by atoms with E-state index in [1.807, 2.05) is 0 Å². The molecule has 1 atom stereocenters. The van der Waals surface area contributed by atoms with E-state index in [1.54, 1.807) is 25.1 Å². The smallest absolute Gasteiger partial charge is 0.311 e. The molecule has 0 radical (unpaired) electrons. The molecule has 0 bridgehead atoms. The first-order chi connectivity index (χ1) is 8.95. The summed E-state index contributed by atoms with van der Waals surface area (Å²) in [5.41, 5.74) is 0.499. The van der Waals surface area contributed by atoms with Crippen LogP contribution in [-0.4, -0.2) is 24.5 Å². The van der Waals surface area contributed by atoms with Crippen LogP contribution in [0.4, 0.5) is 0 Å². The third-order valence-corrected chi connectivity index (χ3v) is 3.12. The summed E-state index contributed by atoms with van der Waals surface area (Å²) in [6.07, 6.45) is -0.906. The standard InChI is InChI=1S/C13H15Cl2NO3/c1-3-16-13(18)8(2)19-12(17)7-9-10(14)5-4-6-11(9)15/h4-6,8H,3,7H2,1-2H3,(H,16,18)/t8-/m0/s1. The maximum atomic E-state index is 11.7. The number of hydrogen-bond donors (Lipinski definition) is 1. The molecule has 4 nitrogen and oxygen atoms in total. The third-order valence-electron chi connectivity index (χ3n) is 2.41. The van der Waals surface area contributed by atoms with Crippen molar-refractivity contribution >= 4 is 35.1 Å². The van der Waals surface area contributed by atoms with Crippen molar-refractivity contribution in [1.29, 1.82) is 0 Å². The first-order valence-electron chi connectivity index (χ1n) is 5.85. The number of ether oxygens (including phenoxy) is 1. The highest BCUT2D eigenvalue weighted by Gasteiger charge is 2.18. The number of carbonyl (C=O) groups is 2. The van der Waals surface area contributed by atoms with Crippen molar-refractivity contribution < 1.29 is 14.3 Å². The number of esters is 1. The van der Waals surface area contributed by atoms with E-state index in [2.05, 4.69) is 5.32 Å². The topological polar surface area (TPSA) is 55.4 Å². The van der Waals surface area contributed by atoms with Gasteiger partial charge in [-0.25, -0.2) is 0 Å². The summed E-state index contributed by atoms with van der Waals surface area (Å²) in [7, 11) is 0. The minimum atomic E-state index is -0.839. The van der Waals surface area contributed by atoms with Gasteiger partial charge in [-0.2, -0.15) is 0 Å². The molecule has 0 unspecified atom stereocenters. The molecule has 0 saturated heterocycles. The molecule has 0 heterocycles. The van der Waals surface area contributed by atoms with E-state index >= 15 is 0 Å². The van der Waals surface area contributed by atoms with Crippen LogP contribution in [0, 0.1) is 0 Å². The molecule has 0 aliphatic rings. The largest absolute Gasteiger partial charge is 0.452 e. The van der Waals surface area contributed by atoms with Gasteiger partial charge in [0.1, 0.15) is 0 Å². The van der Waals surface area contributed by atoms with Gasteiger partial charge in [0, 0.05) is 22.2 Å². The summed E-state index contributed by atoms with van der Waals surface area (Å²) >= 11 is 11.9. The van der Waals surface area contributed by atoms with E-state index in [9.17, 15) is 9.59 Å². The minimum absolute atomic E-state index is 0.0672. The summed E-state index contributed by atoms with van der Waals surface area (Å²) < 4.78 is 5.01. The number of nitrogens with one attached hydrogen (secondary N) is 1. The first-order valence-corrected chi connectivity index (χ1v) is 6.61. The number of hydrogen-bond acceptors (Lipinski definition) is 3. The highest BCUT2D eigenvalue weighted by molar-refractivity contribution is 6.36. The van der Waals surface area contributed by atoms with Gasteiger partial charge in [0.05, 0.1) is 6.42 Å². The summed E-state index contributed by atoms with van der Waals surface area (Å²) in [4.78, 5) is 23.1. The van der Waals surface area contributed by atoms with Gasteiger partial charge >= 0.3 is 5.97 Å². The molecule has 1 amide bonds. The average molecular weight is 304 g/mol. The highest BCUT2D eigenvalue weighted by Crippen LogP contribution is 2.24. The number of amides is 1. The number of carbonyl (C=O) groups excluding carboxylic acids is 2. The molecule has 0 aromatic heterocycles. The zero-order chi connectivity index (χ0) is 14.4. The van der Waals surface area contributed by atoms with Crippen LogP contribution in [0.5, 0.6) is 0 Å². The van der Waals surface area contributed by atoms with Crippen molar-refractivity contribution in [2.45, 2.75) is 26.4 Å². The highest BCUT2D eigenvalue weighted by atomic mass is 35.5. The van der Waals surface area contributed by atoms with Gasteiger partial charge in [0.2, 0.25) is 0 Å². The van der Waals surface area contributed by atoms with Crippen LogP contribution in [0.3, 0.4) is 0 Å². The first kappa shape index (κ1) is 15.8. The van der Waals surface area contributed by atoms with Gasteiger partial charge in [-0.05, 0) is 26.0 Å². The molecule has 0 aliphatic heterocycles. The molecule has 1 aromatic rings. The number of benzene rings is 1. The van der Waals surface area contributed by atoms with Crippen molar-refractivity contribution in [2.24, 2.45) is 0 Å². The molecule has 6 heteroatoms. The fourth-order valence-corrected chi connectivity index (χ4v) is 1.99. The van der Waals surface area contributed by atoms with E-state index < -0.39 is 12.1 Å². The number of likely N-dealkylation sites (N-methyl/N-ethyl adjacent to an activating group) is 1. The van der Waals surface area contributed by atoms with Crippen molar-refractivity contribution in [1.82, 2.24) is 5.32 Å². The van der Waals surface area contributed by atoms with Crippen LogP contribution in [-0.2, 0) is 20.7 Å². The maximum Gasteiger partial charge on any atom is 0.311 e. The fraction of sp³-hybridized carbons (Fsp3) is 0.385. The lowest BCUT2D eigenvalue weighted by molar-refractivity contribution is -0.154. The predicted molar refractivity (Wildman–Crippen MR) is 74.4 cm³/mol. The predicted octanol–water partition coefficient (Wildman–Crippen LogP) is 2.60. The quantitative estimate of drug-likeness (QED) is 0.851. The Hall–Kier alpha value is -1.26. The Bertz CT molecular complexity index is 457. The second-order valence-corrected chi connectivity index (χ2v) is 4.72. The summed E-state index contributed by atoms with van der Waals surface area (Å²) in [5.74, 6) is -0.880. The second kappa shape index (κ2) is 7.36. The molecule has 1 aromatic carbocycles. The Morgan fingerprint density at radius 3 is 2.42 bits per heavy atom. The van der Waals surface area contributed by atoms with E-state index in [4.69, 9.17) is 27.9 Å². The van der Waals surface area contributed by atoms with Crippen molar-refractivity contribution in [3.8, 4) is 0 Å². The second-order valence-electron chi connectivity index (χ2n) is 3.90. The molecule has 1 rings (SSSR count). The third kappa shape index (κ3) is 4.73. The number of halogens is 2. The summed E-state index contributed by atoms with van der Waals surface area (Å²) in [6.45, 7) is 3.78. The molecule has 0 fully saturated rings. The minimum Gasteiger partial charge on any atom is -0.452 e. The summed E-state index contributed by atoms with van der Waals surface area (Å²) in [5, 5.41) is 3.37. The van der Waals surface area contributed by atoms with Crippen LogP contribution >= 0.6 is 23.2 Å². The van der Waals surface area contributed by atoms with Crippen molar-refractivity contribution in [2.75, 3.05) is 6.54 Å². The SMILES string of the molecule is CCNC(=O)[C@H](C)OC(=O)Cc1c(Cl)cccc1Cl. The zero-order valence-electron chi connectivity index (χ0n) is 10.7. The molecule has 0 saturated carbocycles. The molecular weight excluding hydrogens is 289 g/mol. The van der Waals surface area contributed by atoms with Crippen molar-refractivity contribution in [3.05, 3.63) is 33.8 Å². The number of rotatable bonds is 5. The average Bonchev–Trinajstić information content (AvgIpc) is 2.34. The van der Waals surface area contributed by atoms with Crippen LogP contribution in [0.25, 0.3) is 0 Å². The van der Waals surface area contributed by atoms with Gasteiger partial charge in [0.15, 0.2) is 6.10 Å². The monoisotopic (exact) mass is 303 g/mol. The molecule has 0 aliphatic carbocycles. The van der Waals surface area contributed by atoms with Crippen LogP contribution in [0.2, 0.25) is 10.0 Å².